The molecule has 0 aliphatic heterocycles. The largest absolute Gasteiger partial charge is 0.250 e. The van der Waals surface area contributed by atoms with Crippen molar-refractivity contribution >= 4 is 0 Å². The lowest BCUT2D eigenvalue weighted by Crippen LogP contribution is -2.30. The van der Waals surface area contributed by atoms with E-state index in [0.29, 0.717) is 0 Å². The average molecular weight is 336 g/mol. The van der Waals surface area contributed by atoms with E-state index < -0.39 is 0 Å². The van der Waals surface area contributed by atoms with Gasteiger partial charge in [0.05, 0.1) is 6.54 Å². The van der Waals surface area contributed by atoms with Gasteiger partial charge in [-0.05, 0) is 12.8 Å². The zero-order valence-electron chi connectivity index (χ0n) is 16.4. The van der Waals surface area contributed by atoms with Gasteiger partial charge in [0.15, 0.2) is 0 Å². The fraction of sp³-hybridized carbons (Fsp3) is 0.864. The van der Waals surface area contributed by atoms with Gasteiger partial charge in [-0.3, -0.25) is 4.98 Å². The third-order valence-electron chi connectivity index (χ3n) is 5.12. The molecule has 1 heterocycles. The van der Waals surface area contributed by atoms with E-state index >= 15 is 0 Å². The molecule has 1 aromatic rings. The summed E-state index contributed by atoms with van der Waals surface area (Å²) in [6, 6.07) is 0. The Bertz CT molecular complexity index is 332. The fourth-order valence-corrected chi connectivity index (χ4v) is 3.48. The molecular formula is C22H43N2+. The van der Waals surface area contributed by atoms with Crippen LogP contribution in [0.1, 0.15) is 116 Å². The molecule has 140 valence electrons. The number of H-pyrrole nitrogens is 1. The van der Waals surface area contributed by atoms with Crippen LogP contribution in [0, 0.1) is 0 Å². The second-order valence-electron chi connectivity index (χ2n) is 7.51. The molecule has 0 amide bonds. The fourth-order valence-electron chi connectivity index (χ4n) is 3.48. The van der Waals surface area contributed by atoms with Gasteiger partial charge in [-0.15, -0.1) is 0 Å². The summed E-state index contributed by atoms with van der Waals surface area (Å²) in [7, 11) is 0. The van der Waals surface area contributed by atoms with E-state index in [4.69, 9.17) is 0 Å². The first kappa shape index (κ1) is 21.3. The van der Waals surface area contributed by atoms with Gasteiger partial charge < -0.3 is 0 Å². The zero-order valence-corrected chi connectivity index (χ0v) is 16.4. The van der Waals surface area contributed by atoms with Crippen LogP contribution >= 0.6 is 0 Å². The predicted octanol–water partition coefficient (Wildman–Crippen LogP) is 6.95. The first-order valence-corrected chi connectivity index (χ1v) is 11.0. The maximum Gasteiger partial charge on any atom is 0.241 e. The smallest absolute Gasteiger partial charge is 0.241 e. The summed E-state index contributed by atoms with van der Waals surface area (Å²) in [6.45, 7) is 3.46. The van der Waals surface area contributed by atoms with Crippen molar-refractivity contribution in [2.24, 2.45) is 0 Å². The lowest BCUT2D eigenvalue weighted by atomic mass is 10.0. The van der Waals surface area contributed by atoms with E-state index in [9.17, 15) is 0 Å². The average Bonchev–Trinajstić information content (AvgIpc) is 3.11. The van der Waals surface area contributed by atoms with Crippen LogP contribution in [-0.4, -0.2) is 4.98 Å². The van der Waals surface area contributed by atoms with Crippen LogP contribution in [0.4, 0.5) is 0 Å². The summed E-state index contributed by atoms with van der Waals surface area (Å²) in [5, 5.41) is 0. The Labute approximate surface area is 151 Å². The van der Waals surface area contributed by atoms with E-state index in [1.165, 1.54) is 116 Å². The van der Waals surface area contributed by atoms with E-state index in [1.807, 2.05) is 12.5 Å². The Morgan fingerprint density at radius 1 is 0.583 bits per heavy atom. The molecule has 2 nitrogen and oxygen atoms in total. The minimum absolute atomic E-state index is 1.17. The van der Waals surface area contributed by atoms with E-state index in [2.05, 4.69) is 22.7 Å². The van der Waals surface area contributed by atoms with Crippen molar-refractivity contribution in [1.29, 1.82) is 0 Å². The monoisotopic (exact) mass is 335 g/mol. The Morgan fingerprint density at radius 3 is 1.38 bits per heavy atom. The van der Waals surface area contributed by atoms with Gasteiger partial charge in [0.1, 0.15) is 12.4 Å². The Hall–Kier alpha value is -0.790. The number of rotatable bonds is 18. The minimum atomic E-state index is 1.17. The molecule has 0 atom stereocenters. The third-order valence-corrected chi connectivity index (χ3v) is 5.12. The molecule has 0 unspecified atom stereocenters. The maximum absolute atomic E-state index is 3.10. The number of aromatic nitrogens is 2. The van der Waals surface area contributed by atoms with Crippen molar-refractivity contribution in [2.45, 2.75) is 123 Å². The van der Waals surface area contributed by atoms with Crippen LogP contribution < -0.4 is 4.57 Å². The number of nitrogens with zero attached hydrogens (tertiary/aromatic N) is 1. The molecule has 2 heteroatoms. The summed E-state index contributed by atoms with van der Waals surface area (Å²) in [6.07, 6.45) is 30.7. The number of hydrogen-bond acceptors (Lipinski definition) is 0. The van der Waals surface area contributed by atoms with Crippen molar-refractivity contribution in [3.8, 4) is 0 Å². The van der Waals surface area contributed by atoms with E-state index in [1.54, 1.807) is 0 Å². The number of hydrogen-bond donors (Lipinski definition) is 1. The van der Waals surface area contributed by atoms with Crippen molar-refractivity contribution in [2.75, 3.05) is 0 Å². The molecule has 1 N–H and O–H groups in total. The molecule has 0 fully saturated rings. The highest BCUT2D eigenvalue weighted by Gasteiger charge is 1.97. The van der Waals surface area contributed by atoms with Crippen LogP contribution in [0.2, 0.25) is 0 Å². The van der Waals surface area contributed by atoms with Crippen LogP contribution in [-0.2, 0) is 6.54 Å². The molecule has 24 heavy (non-hydrogen) atoms. The summed E-state index contributed by atoms with van der Waals surface area (Å²) in [5.41, 5.74) is 0. The highest BCUT2D eigenvalue weighted by molar-refractivity contribution is 4.55. The summed E-state index contributed by atoms with van der Waals surface area (Å²) >= 11 is 0. The SMILES string of the molecule is CCCCCCCCCCCCCCCCCCC[n+]1cc[nH]c1. The van der Waals surface area contributed by atoms with E-state index in [0.717, 1.165) is 0 Å². The third kappa shape index (κ3) is 13.6. The Kier molecular flexibility index (Phi) is 15.1. The summed E-state index contributed by atoms with van der Waals surface area (Å²) < 4.78 is 2.24. The minimum Gasteiger partial charge on any atom is -0.250 e. The Morgan fingerprint density at radius 2 is 1.00 bits per heavy atom. The highest BCUT2D eigenvalue weighted by atomic mass is 15.0. The molecule has 0 aliphatic carbocycles. The van der Waals surface area contributed by atoms with Crippen molar-refractivity contribution in [3.05, 3.63) is 18.7 Å². The van der Waals surface area contributed by atoms with Crippen LogP contribution in [0.15, 0.2) is 18.7 Å². The van der Waals surface area contributed by atoms with Gasteiger partial charge in [-0.2, -0.15) is 0 Å². The number of aryl methyl sites for hydroxylation is 1. The lowest BCUT2D eigenvalue weighted by molar-refractivity contribution is -0.696. The van der Waals surface area contributed by atoms with Crippen molar-refractivity contribution < 1.29 is 4.57 Å². The lowest BCUT2D eigenvalue weighted by Gasteiger charge is -2.03. The maximum atomic E-state index is 3.10. The van der Waals surface area contributed by atoms with E-state index in [-0.39, 0.29) is 0 Å². The van der Waals surface area contributed by atoms with Crippen LogP contribution in [0.5, 0.6) is 0 Å². The highest BCUT2D eigenvalue weighted by Crippen LogP contribution is 2.13. The van der Waals surface area contributed by atoms with Gasteiger partial charge >= 0.3 is 0 Å². The van der Waals surface area contributed by atoms with Gasteiger partial charge in [0, 0.05) is 0 Å². The molecule has 0 bridgehead atoms. The molecule has 1 aromatic heterocycles. The normalized spacial score (nSPS) is 11.2. The molecule has 0 aliphatic rings. The summed E-state index contributed by atoms with van der Waals surface area (Å²) in [5.74, 6) is 0. The molecular weight excluding hydrogens is 292 g/mol. The summed E-state index contributed by atoms with van der Waals surface area (Å²) in [4.78, 5) is 3.10. The second kappa shape index (κ2) is 17.0. The predicted molar refractivity (Wildman–Crippen MR) is 105 cm³/mol. The first-order chi connectivity index (χ1) is 11.9. The van der Waals surface area contributed by atoms with Crippen molar-refractivity contribution in [3.63, 3.8) is 0 Å². The van der Waals surface area contributed by atoms with Gasteiger partial charge in [-0.1, -0.05) is 103 Å². The molecule has 1 rings (SSSR count). The van der Waals surface area contributed by atoms with Gasteiger partial charge in [0.2, 0.25) is 6.33 Å². The topological polar surface area (TPSA) is 19.7 Å². The van der Waals surface area contributed by atoms with Gasteiger partial charge in [0.25, 0.3) is 0 Å². The molecule has 0 saturated carbocycles. The van der Waals surface area contributed by atoms with Crippen LogP contribution in [0.25, 0.3) is 0 Å². The number of aromatic amines is 1. The first-order valence-electron chi connectivity index (χ1n) is 11.0. The molecule has 0 aromatic carbocycles. The number of imidazole rings is 1. The van der Waals surface area contributed by atoms with Crippen LogP contribution in [0.3, 0.4) is 0 Å². The van der Waals surface area contributed by atoms with Crippen molar-refractivity contribution in [1.82, 2.24) is 4.98 Å². The Balaban J connectivity index is 1.66. The molecule has 0 saturated heterocycles. The zero-order chi connectivity index (χ0) is 17.1. The quantitative estimate of drug-likeness (QED) is 0.221. The number of unbranched alkanes of at least 4 members (excludes halogenated alkanes) is 16. The molecule has 0 spiro atoms. The standard InChI is InChI=1S/C22H42N2/c1-2-3-4-5-6-7-8-9-10-11-12-13-14-15-16-17-18-20-24-21-19-23-22-24/h19,21-22H,2-18,20H2,1H3/p+1. The van der Waals surface area contributed by atoms with Gasteiger partial charge in [-0.25, -0.2) is 4.57 Å². The second-order valence-corrected chi connectivity index (χ2v) is 7.51. The molecule has 0 radical (unpaired) electrons. The number of nitrogens with one attached hydrogen (secondary N) is 1.